The zero-order valence-electron chi connectivity index (χ0n) is 19.5. The zero-order chi connectivity index (χ0) is 26.0. The van der Waals surface area contributed by atoms with Crippen LogP contribution in [0.1, 0.15) is 42.3 Å². The number of aryl methyl sites for hydroxylation is 2. The number of benzene rings is 2. The Labute approximate surface area is 204 Å². The molecule has 1 amide bonds. The SMILES string of the molecule is C=C1CCC(n2c(C)nc3cccc(CCC(=O)Cc4ccc(OC(F)(F)F)cc4)c3c2=O)C(=O)N1. The van der Waals surface area contributed by atoms with Gasteiger partial charge in [0.25, 0.3) is 5.56 Å². The van der Waals surface area contributed by atoms with Crippen molar-refractivity contribution in [2.75, 3.05) is 0 Å². The number of aromatic nitrogens is 2. The van der Waals surface area contributed by atoms with Crippen LogP contribution in [-0.4, -0.2) is 27.6 Å². The van der Waals surface area contributed by atoms with Gasteiger partial charge in [0.15, 0.2) is 0 Å². The Hall–Kier alpha value is -3.95. The summed E-state index contributed by atoms with van der Waals surface area (Å²) in [4.78, 5) is 43.2. The lowest BCUT2D eigenvalue weighted by atomic mass is 9.99. The molecule has 0 bridgehead atoms. The van der Waals surface area contributed by atoms with Crippen molar-refractivity contribution in [3.05, 3.63) is 82.0 Å². The summed E-state index contributed by atoms with van der Waals surface area (Å²) in [7, 11) is 0. The summed E-state index contributed by atoms with van der Waals surface area (Å²) in [6.45, 7) is 5.45. The van der Waals surface area contributed by atoms with Gasteiger partial charge in [-0.15, -0.1) is 13.2 Å². The average Bonchev–Trinajstić information content (AvgIpc) is 2.79. The molecule has 1 fully saturated rings. The Morgan fingerprint density at radius 3 is 2.58 bits per heavy atom. The van der Waals surface area contributed by atoms with Gasteiger partial charge in [-0.1, -0.05) is 30.8 Å². The third-order valence-corrected chi connectivity index (χ3v) is 6.06. The fourth-order valence-corrected chi connectivity index (χ4v) is 4.41. The molecular formula is C26H24F3N3O4. The number of hydrogen-bond acceptors (Lipinski definition) is 5. The van der Waals surface area contributed by atoms with E-state index < -0.39 is 12.4 Å². The Morgan fingerprint density at radius 2 is 1.92 bits per heavy atom. The molecule has 1 aliphatic rings. The first-order valence-corrected chi connectivity index (χ1v) is 11.4. The van der Waals surface area contributed by atoms with E-state index in [1.807, 2.05) is 0 Å². The van der Waals surface area contributed by atoms with Crippen molar-refractivity contribution in [2.24, 2.45) is 0 Å². The number of rotatable bonds is 7. The summed E-state index contributed by atoms with van der Waals surface area (Å²) in [5.74, 6) is -0.380. The van der Waals surface area contributed by atoms with Crippen LogP contribution in [0.2, 0.25) is 0 Å². The maximum Gasteiger partial charge on any atom is 0.573 e. The van der Waals surface area contributed by atoms with E-state index in [0.29, 0.717) is 46.4 Å². The van der Waals surface area contributed by atoms with Gasteiger partial charge in [-0.3, -0.25) is 19.0 Å². The van der Waals surface area contributed by atoms with Crippen molar-refractivity contribution in [3.8, 4) is 5.75 Å². The minimum atomic E-state index is -4.78. The second kappa shape index (κ2) is 9.96. The van der Waals surface area contributed by atoms with Crippen LogP contribution in [0.15, 0.2) is 59.5 Å². The van der Waals surface area contributed by atoms with E-state index in [2.05, 4.69) is 21.6 Å². The number of alkyl halides is 3. The quantitative estimate of drug-likeness (QED) is 0.523. The molecule has 0 saturated carbocycles. The first-order chi connectivity index (χ1) is 17.0. The summed E-state index contributed by atoms with van der Waals surface area (Å²) in [6, 6.07) is 9.67. The van der Waals surface area contributed by atoms with Crippen LogP contribution < -0.4 is 15.6 Å². The fourth-order valence-electron chi connectivity index (χ4n) is 4.41. The van der Waals surface area contributed by atoms with Gasteiger partial charge in [0.1, 0.15) is 23.4 Å². The third-order valence-electron chi connectivity index (χ3n) is 6.06. The predicted molar refractivity (Wildman–Crippen MR) is 126 cm³/mol. The number of ether oxygens (including phenoxy) is 1. The van der Waals surface area contributed by atoms with Gasteiger partial charge in [-0.25, -0.2) is 4.98 Å². The van der Waals surface area contributed by atoms with Crippen LogP contribution >= 0.6 is 0 Å². The number of carbonyl (C=O) groups is 2. The Morgan fingerprint density at radius 1 is 1.19 bits per heavy atom. The molecule has 1 N–H and O–H groups in total. The second-order valence-electron chi connectivity index (χ2n) is 8.70. The van der Waals surface area contributed by atoms with Crippen LogP contribution in [0.25, 0.3) is 10.9 Å². The highest BCUT2D eigenvalue weighted by Crippen LogP contribution is 2.25. The van der Waals surface area contributed by atoms with E-state index in [1.165, 1.54) is 16.7 Å². The lowest BCUT2D eigenvalue weighted by molar-refractivity contribution is -0.274. The number of nitrogens with one attached hydrogen (secondary N) is 1. The molecule has 188 valence electrons. The van der Waals surface area contributed by atoms with Crippen molar-refractivity contribution < 1.29 is 27.5 Å². The first-order valence-electron chi connectivity index (χ1n) is 11.4. The molecular weight excluding hydrogens is 475 g/mol. The number of amides is 1. The molecule has 1 aliphatic heterocycles. The molecule has 0 spiro atoms. The molecule has 2 aromatic carbocycles. The Kier molecular flexibility index (Phi) is 6.96. The van der Waals surface area contributed by atoms with Gasteiger partial charge in [-0.2, -0.15) is 0 Å². The highest BCUT2D eigenvalue weighted by Gasteiger charge is 2.31. The number of piperidine rings is 1. The molecule has 1 unspecified atom stereocenters. The van der Waals surface area contributed by atoms with E-state index in [9.17, 15) is 27.6 Å². The molecule has 4 rings (SSSR count). The summed E-state index contributed by atoms with van der Waals surface area (Å²) in [5.41, 5.74) is 1.95. The van der Waals surface area contributed by atoms with E-state index >= 15 is 0 Å². The van der Waals surface area contributed by atoms with Gasteiger partial charge in [0.05, 0.1) is 10.9 Å². The molecule has 36 heavy (non-hydrogen) atoms. The van der Waals surface area contributed by atoms with Gasteiger partial charge in [0.2, 0.25) is 5.91 Å². The maximum atomic E-state index is 13.5. The predicted octanol–water partition coefficient (Wildman–Crippen LogP) is 4.31. The minimum Gasteiger partial charge on any atom is -0.406 e. The topological polar surface area (TPSA) is 90.3 Å². The summed E-state index contributed by atoms with van der Waals surface area (Å²) in [6.07, 6.45) is -3.36. The van der Waals surface area contributed by atoms with Crippen molar-refractivity contribution in [3.63, 3.8) is 0 Å². The van der Waals surface area contributed by atoms with Crippen molar-refractivity contribution in [1.29, 1.82) is 0 Å². The largest absolute Gasteiger partial charge is 0.573 e. The van der Waals surface area contributed by atoms with E-state index in [-0.39, 0.29) is 42.3 Å². The van der Waals surface area contributed by atoms with Gasteiger partial charge < -0.3 is 10.1 Å². The molecule has 2 heterocycles. The van der Waals surface area contributed by atoms with E-state index in [1.54, 1.807) is 25.1 Å². The summed E-state index contributed by atoms with van der Waals surface area (Å²) >= 11 is 0. The molecule has 10 heteroatoms. The molecule has 0 radical (unpaired) electrons. The third kappa shape index (κ3) is 5.64. The molecule has 1 aromatic heterocycles. The van der Waals surface area contributed by atoms with Crippen LogP contribution in [0.4, 0.5) is 13.2 Å². The molecule has 7 nitrogen and oxygen atoms in total. The number of nitrogens with zero attached hydrogens (tertiary/aromatic N) is 2. The first kappa shape index (κ1) is 25.2. The second-order valence-corrected chi connectivity index (χ2v) is 8.70. The standard InChI is InChI=1S/C26H24F3N3O4/c1-15-6-13-22(24(34)30-15)32-16(2)31-21-5-3-4-18(23(21)25(32)35)9-10-19(33)14-17-7-11-20(12-8-17)36-26(27,28)29/h3-5,7-8,11-12,22H,1,6,9-10,13-14H2,2H3,(H,30,34). The Balaban J connectivity index is 1.52. The Bertz CT molecular complexity index is 1390. The number of Topliss-reactive ketones (excluding diaryl/α,β-unsaturated/α-hetero) is 1. The monoisotopic (exact) mass is 499 g/mol. The fraction of sp³-hybridized carbons (Fsp3) is 0.308. The van der Waals surface area contributed by atoms with Gasteiger partial charge >= 0.3 is 6.36 Å². The maximum absolute atomic E-state index is 13.5. The number of allylic oxidation sites excluding steroid dienone is 1. The average molecular weight is 499 g/mol. The number of hydrogen-bond donors (Lipinski definition) is 1. The van der Waals surface area contributed by atoms with Crippen molar-refractivity contribution in [2.45, 2.75) is 51.4 Å². The molecule has 3 aromatic rings. The van der Waals surface area contributed by atoms with Crippen LogP contribution in [0.3, 0.4) is 0 Å². The molecule has 1 saturated heterocycles. The molecule has 1 atom stereocenters. The highest BCUT2D eigenvalue weighted by molar-refractivity contribution is 5.86. The lowest BCUT2D eigenvalue weighted by Crippen LogP contribution is -2.41. The van der Waals surface area contributed by atoms with Gasteiger partial charge in [0, 0.05) is 18.5 Å². The smallest absolute Gasteiger partial charge is 0.406 e. The minimum absolute atomic E-state index is 0.0325. The van der Waals surface area contributed by atoms with Crippen molar-refractivity contribution >= 4 is 22.6 Å². The van der Waals surface area contributed by atoms with E-state index in [0.717, 1.165) is 12.1 Å². The van der Waals surface area contributed by atoms with Gasteiger partial charge in [-0.05, 0) is 55.5 Å². The van der Waals surface area contributed by atoms with Crippen molar-refractivity contribution in [1.82, 2.24) is 14.9 Å². The summed E-state index contributed by atoms with van der Waals surface area (Å²) < 4.78 is 42.2. The van der Waals surface area contributed by atoms with E-state index in [4.69, 9.17) is 0 Å². The number of carbonyl (C=O) groups excluding carboxylic acids is 2. The van der Waals surface area contributed by atoms with Crippen LogP contribution in [-0.2, 0) is 22.4 Å². The highest BCUT2D eigenvalue weighted by atomic mass is 19.4. The van der Waals surface area contributed by atoms with Crippen LogP contribution in [0.5, 0.6) is 5.75 Å². The number of ketones is 1. The number of halogens is 3. The number of fused-ring (bicyclic) bond motifs is 1. The summed E-state index contributed by atoms with van der Waals surface area (Å²) in [5, 5.41) is 3.06. The zero-order valence-corrected chi connectivity index (χ0v) is 19.5. The molecule has 0 aliphatic carbocycles. The lowest BCUT2D eigenvalue weighted by Gasteiger charge is -2.26. The normalized spacial score (nSPS) is 16.2. The van der Waals surface area contributed by atoms with Crippen LogP contribution in [0, 0.1) is 6.92 Å².